The average Bonchev–Trinajstić information content (AvgIpc) is 3.12. The molecule has 0 amide bonds. The molecule has 0 unspecified atom stereocenters. The first-order valence-corrected chi connectivity index (χ1v) is 17.1. The molecule has 0 aliphatic carbocycles. The van der Waals surface area contributed by atoms with Crippen LogP contribution in [0.15, 0.2) is 133 Å². The van der Waals surface area contributed by atoms with Gasteiger partial charge in [-0.05, 0) is 47.1 Å². The molecule has 5 atom stereocenters. The fourth-order valence-corrected chi connectivity index (χ4v) is 6.37. The Balaban J connectivity index is 1.37. The van der Waals surface area contributed by atoms with Crippen LogP contribution in [0.25, 0.3) is 10.8 Å². The second-order valence-electron chi connectivity index (χ2n) is 11.7. The van der Waals surface area contributed by atoms with E-state index in [0.29, 0.717) is 19.8 Å². The lowest BCUT2D eigenvalue weighted by atomic mass is 9.92. The van der Waals surface area contributed by atoms with Gasteiger partial charge in [0.15, 0.2) is 6.10 Å². The first-order valence-electron chi connectivity index (χ1n) is 16.2. The summed E-state index contributed by atoms with van der Waals surface area (Å²) in [5.74, 6) is 0.257. The normalized spacial score (nSPS) is 22.7. The van der Waals surface area contributed by atoms with E-state index in [1.165, 1.54) is 12.0 Å². The van der Waals surface area contributed by atoms with Crippen LogP contribution in [0.5, 0.6) is 5.75 Å². The lowest BCUT2D eigenvalue weighted by molar-refractivity contribution is -0.336. The van der Waals surface area contributed by atoms with Gasteiger partial charge in [0.2, 0.25) is 5.79 Å². The molecule has 1 fully saturated rings. The van der Waals surface area contributed by atoms with Crippen molar-refractivity contribution in [3.05, 3.63) is 150 Å². The zero-order chi connectivity index (χ0) is 32.3. The van der Waals surface area contributed by atoms with E-state index in [2.05, 4.69) is 54.6 Å². The Labute approximate surface area is 282 Å². The fourth-order valence-electron chi connectivity index (χ4n) is 5.88. The zero-order valence-electron chi connectivity index (χ0n) is 26.9. The molecule has 5 aromatic rings. The Morgan fingerprint density at radius 2 is 1.19 bits per heavy atom. The van der Waals surface area contributed by atoms with Gasteiger partial charge in [0.1, 0.15) is 24.1 Å². The fraction of sp³-hybridized carbons (Fsp3) is 0.300. The molecular weight excluding hydrogens is 609 g/mol. The van der Waals surface area contributed by atoms with Crippen molar-refractivity contribution < 1.29 is 27.9 Å². The van der Waals surface area contributed by atoms with E-state index in [0.717, 1.165) is 39.0 Å². The molecule has 1 aliphatic rings. The number of ether oxygens (including phenoxy) is 5. The molecule has 0 saturated carbocycles. The molecule has 47 heavy (non-hydrogen) atoms. The van der Waals surface area contributed by atoms with E-state index >= 15 is 0 Å². The molecule has 1 aliphatic heterocycles. The molecule has 1 heterocycles. The zero-order valence-corrected chi connectivity index (χ0v) is 27.7. The highest BCUT2D eigenvalue weighted by Crippen LogP contribution is 2.41. The van der Waals surface area contributed by atoms with Crippen LogP contribution in [-0.2, 0) is 43.0 Å². The molecule has 0 spiro atoms. The Morgan fingerprint density at radius 3 is 1.83 bits per heavy atom. The average molecular weight is 651 g/mol. The number of rotatable bonds is 15. The second-order valence-corrected chi connectivity index (χ2v) is 12.7. The maximum absolute atomic E-state index is 6.98. The van der Waals surface area contributed by atoms with E-state index in [1.807, 2.05) is 92.7 Å². The summed E-state index contributed by atoms with van der Waals surface area (Å²) in [5, 5.41) is 2.08. The van der Waals surface area contributed by atoms with Crippen LogP contribution in [-0.4, -0.2) is 42.6 Å². The van der Waals surface area contributed by atoms with E-state index in [4.69, 9.17) is 27.9 Å². The van der Waals surface area contributed by atoms with Gasteiger partial charge in [0.05, 0.1) is 26.4 Å². The van der Waals surface area contributed by atoms with Crippen molar-refractivity contribution in [2.75, 3.05) is 12.4 Å². The van der Waals surface area contributed by atoms with Gasteiger partial charge >= 0.3 is 0 Å². The van der Waals surface area contributed by atoms with Crippen LogP contribution < -0.4 is 4.74 Å². The van der Waals surface area contributed by atoms with E-state index in [1.54, 1.807) is 0 Å². The smallest absolute Gasteiger partial charge is 0.218 e. The molecule has 7 heteroatoms. The molecule has 0 bridgehead atoms. The summed E-state index contributed by atoms with van der Waals surface area (Å²) < 4.78 is 40.3. The van der Waals surface area contributed by atoms with Crippen molar-refractivity contribution >= 4 is 22.8 Å². The molecule has 0 N–H and O–H groups in total. The first-order chi connectivity index (χ1) is 23.1. The van der Waals surface area contributed by atoms with Gasteiger partial charge in [-0.2, -0.15) is 0 Å². The topological polar surface area (TPSA) is 55.4 Å². The van der Waals surface area contributed by atoms with Crippen LogP contribution in [0.1, 0.15) is 30.5 Å². The van der Waals surface area contributed by atoms with E-state index < -0.39 is 30.2 Å². The number of hydrogen-bond donors (Lipinski definition) is 0. The SMILES string of the molecule is CCSO[C@@]1(C)O[C@H](COCc2ccccc2)[C@@H](OCc2ccccc2)[C@H](OCc2ccccc2)[C@@H]1Oc1cccc2ccccc12. The van der Waals surface area contributed by atoms with Crippen molar-refractivity contribution in [2.45, 2.75) is 63.9 Å². The largest absolute Gasteiger partial charge is 0.481 e. The summed E-state index contributed by atoms with van der Waals surface area (Å²) in [7, 11) is 0. The maximum atomic E-state index is 6.98. The lowest BCUT2D eigenvalue weighted by Gasteiger charge is -2.50. The molecular formula is C40H42O6S. The van der Waals surface area contributed by atoms with E-state index in [-0.39, 0.29) is 6.61 Å². The third kappa shape index (κ3) is 8.62. The second kappa shape index (κ2) is 16.4. The van der Waals surface area contributed by atoms with Gasteiger partial charge in [-0.15, -0.1) is 0 Å². The molecule has 1 saturated heterocycles. The summed E-state index contributed by atoms with van der Waals surface area (Å²) in [4.78, 5) is 0. The predicted octanol–water partition coefficient (Wildman–Crippen LogP) is 8.77. The Morgan fingerprint density at radius 1 is 0.638 bits per heavy atom. The van der Waals surface area contributed by atoms with Crippen LogP contribution in [0, 0.1) is 0 Å². The summed E-state index contributed by atoms with van der Waals surface area (Å²) in [6.07, 6.45) is -2.34. The third-order valence-electron chi connectivity index (χ3n) is 8.20. The van der Waals surface area contributed by atoms with Gasteiger partial charge in [-0.3, -0.25) is 4.18 Å². The highest BCUT2D eigenvalue weighted by Gasteiger charge is 2.57. The van der Waals surface area contributed by atoms with Gasteiger partial charge in [-0.1, -0.05) is 134 Å². The predicted molar refractivity (Wildman–Crippen MR) is 187 cm³/mol. The maximum Gasteiger partial charge on any atom is 0.218 e. The molecule has 0 aromatic heterocycles. The van der Waals surface area contributed by atoms with Gasteiger partial charge in [0.25, 0.3) is 0 Å². The van der Waals surface area contributed by atoms with Crippen molar-refractivity contribution in [2.24, 2.45) is 0 Å². The van der Waals surface area contributed by atoms with Crippen molar-refractivity contribution in [3.8, 4) is 5.75 Å². The minimum Gasteiger partial charge on any atom is -0.481 e. The third-order valence-corrected chi connectivity index (χ3v) is 8.89. The Hall–Kier alpha value is -3.69. The summed E-state index contributed by atoms with van der Waals surface area (Å²) in [6, 6.07) is 44.7. The molecule has 0 radical (unpaired) electrons. The minimum atomic E-state index is -1.20. The quantitative estimate of drug-likeness (QED) is 0.105. The Kier molecular flexibility index (Phi) is 11.6. The number of fused-ring (bicyclic) bond motifs is 1. The first kappa shape index (κ1) is 33.2. The highest BCUT2D eigenvalue weighted by molar-refractivity contribution is 7.94. The van der Waals surface area contributed by atoms with Gasteiger partial charge in [-0.25, -0.2) is 0 Å². The molecule has 6 nitrogen and oxygen atoms in total. The summed E-state index contributed by atoms with van der Waals surface area (Å²) >= 11 is 1.34. The summed E-state index contributed by atoms with van der Waals surface area (Å²) in [6.45, 7) is 5.43. The minimum absolute atomic E-state index is 0.274. The van der Waals surface area contributed by atoms with Gasteiger partial charge < -0.3 is 23.7 Å². The molecule has 6 rings (SSSR count). The van der Waals surface area contributed by atoms with Crippen molar-refractivity contribution in [1.82, 2.24) is 0 Å². The lowest BCUT2D eigenvalue weighted by Crippen LogP contribution is -2.67. The van der Waals surface area contributed by atoms with E-state index in [9.17, 15) is 0 Å². The van der Waals surface area contributed by atoms with Gasteiger partial charge in [0, 0.05) is 11.1 Å². The molecule has 5 aromatic carbocycles. The number of hydrogen-bond acceptors (Lipinski definition) is 7. The number of benzene rings is 5. The van der Waals surface area contributed by atoms with Crippen LogP contribution in [0.4, 0.5) is 0 Å². The van der Waals surface area contributed by atoms with Crippen molar-refractivity contribution in [1.29, 1.82) is 0 Å². The van der Waals surface area contributed by atoms with Crippen molar-refractivity contribution in [3.63, 3.8) is 0 Å². The van der Waals surface area contributed by atoms with Crippen LogP contribution in [0.3, 0.4) is 0 Å². The van der Waals surface area contributed by atoms with Crippen LogP contribution >= 0.6 is 12.0 Å². The molecule has 244 valence electrons. The van der Waals surface area contributed by atoms with Crippen LogP contribution in [0.2, 0.25) is 0 Å². The highest BCUT2D eigenvalue weighted by atomic mass is 32.2. The monoisotopic (exact) mass is 650 g/mol. The standard InChI is InChI=1S/C40H42O6S/c1-3-47-46-40(2)39(44-35-25-15-23-33-22-13-14-24-34(33)35)38(43-28-32-20-11-6-12-21-32)37(42-27-31-18-9-5-10-19-31)36(45-40)29-41-26-30-16-7-4-8-17-30/h4-25,36-39H,3,26-29H2,1-2H3/t36-,37-,38+,39+,40-/m1/s1. The summed E-state index contributed by atoms with van der Waals surface area (Å²) in [5.41, 5.74) is 3.18. The Bertz CT molecular complexity index is 1650.